The molecular weight excluding hydrogens is 500 g/mol. The molecule has 0 radical (unpaired) electrons. The maximum atomic E-state index is 15.0. The Balaban J connectivity index is 1.34. The summed E-state index contributed by atoms with van der Waals surface area (Å²) in [5.74, 6) is -1.08. The van der Waals surface area contributed by atoms with Gasteiger partial charge in [-0.05, 0) is 29.8 Å². The molecule has 2 atom stereocenters. The zero-order chi connectivity index (χ0) is 26.7. The fraction of sp³-hybridized carbons (Fsp3) is 0.440. The Morgan fingerprint density at radius 1 is 1.05 bits per heavy atom. The standard InChI is InChI=1S/C25H26F4N2O6/c26-20-13-31(23(33)9-14-1-3-16(4-2-14)37-25(27,28)29)8-7-21(20)36-22-12-17(5-6-19(22)24(30)34)35-18-10-15(32)11-18/h1-6,12,15,18,20-21,32H,7-11,13H2,(H2,30,34)/t15-,18+,20-,21+/m0/s1. The molecule has 3 N–H and O–H groups in total. The van der Waals surface area contributed by atoms with Crippen LogP contribution in [0.2, 0.25) is 0 Å². The molecule has 12 heteroatoms. The molecule has 2 amide bonds. The highest BCUT2D eigenvalue weighted by Crippen LogP contribution is 2.32. The Morgan fingerprint density at radius 2 is 1.73 bits per heavy atom. The van der Waals surface area contributed by atoms with Crippen molar-refractivity contribution in [3.05, 3.63) is 53.6 Å². The van der Waals surface area contributed by atoms with Crippen molar-refractivity contribution in [3.8, 4) is 17.2 Å². The number of amides is 2. The first-order chi connectivity index (χ1) is 17.5. The fourth-order valence-electron chi connectivity index (χ4n) is 4.20. The predicted molar refractivity (Wildman–Crippen MR) is 122 cm³/mol. The molecule has 0 spiro atoms. The number of rotatable bonds is 8. The van der Waals surface area contributed by atoms with Crippen LogP contribution in [0.1, 0.15) is 35.2 Å². The molecule has 2 aromatic carbocycles. The van der Waals surface area contributed by atoms with Crippen LogP contribution < -0.4 is 19.9 Å². The lowest BCUT2D eigenvalue weighted by Gasteiger charge is -2.35. The lowest BCUT2D eigenvalue weighted by atomic mass is 9.92. The summed E-state index contributed by atoms with van der Waals surface area (Å²) in [4.78, 5) is 25.8. The Kier molecular flexibility index (Phi) is 7.76. The fourth-order valence-corrected chi connectivity index (χ4v) is 4.20. The van der Waals surface area contributed by atoms with Crippen LogP contribution in [-0.2, 0) is 11.2 Å². The van der Waals surface area contributed by atoms with Gasteiger partial charge in [0.1, 0.15) is 29.5 Å². The molecule has 1 aliphatic heterocycles. The van der Waals surface area contributed by atoms with Crippen LogP contribution in [-0.4, -0.2) is 65.8 Å². The number of alkyl halides is 4. The highest BCUT2D eigenvalue weighted by Gasteiger charge is 2.35. The van der Waals surface area contributed by atoms with Gasteiger partial charge in [0.05, 0.1) is 24.6 Å². The van der Waals surface area contributed by atoms with Crippen LogP contribution in [0.25, 0.3) is 0 Å². The zero-order valence-corrected chi connectivity index (χ0v) is 19.6. The van der Waals surface area contributed by atoms with Crippen LogP contribution in [0.15, 0.2) is 42.5 Å². The van der Waals surface area contributed by atoms with Gasteiger partial charge in [0, 0.05) is 31.9 Å². The molecule has 200 valence electrons. The molecule has 1 heterocycles. The number of nitrogens with zero attached hydrogens (tertiary/aromatic N) is 1. The number of hydrogen-bond acceptors (Lipinski definition) is 6. The lowest BCUT2D eigenvalue weighted by molar-refractivity contribution is -0.274. The van der Waals surface area contributed by atoms with Crippen molar-refractivity contribution in [2.45, 2.75) is 56.5 Å². The summed E-state index contributed by atoms with van der Waals surface area (Å²) in [6.45, 7) is -0.0674. The van der Waals surface area contributed by atoms with Crippen molar-refractivity contribution < 1.29 is 46.5 Å². The van der Waals surface area contributed by atoms with Crippen molar-refractivity contribution >= 4 is 11.8 Å². The van der Waals surface area contributed by atoms with Crippen LogP contribution in [0, 0.1) is 0 Å². The molecule has 4 rings (SSSR count). The minimum absolute atomic E-state index is 0.0599. The van der Waals surface area contributed by atoms with Crippen molar-refractivity contribution in [1.82, 2.24) is 4.90 Å². The van der Waals surface area contributed by atoms with E-state index in [4.69, 9.17) is 15.2 Å². The molecule has 0 unspecified atom stereocenters. The average Bonchev–Trinajstić information content (AvgIpc) is 2.79. The third-order valence-electron chi connectivity index (χ3n) is 6.22. The van der Waals surface area contributed by atoms with E-state index in [0.29, 0.717) is 24.2 Å². The number of likely N-dealkylation sites (tertiary alicyclic amines) is 1. The van der Waals surface area contributed by atoms with E-state index in [1.165, 1.54) is 29.2 Å². The van der Waals surface area contributed by atoms with Gasteiger partial charge < -0.3 is 30.0 Å². The highest BCUT2D eigenvalue weighted by molar-refractivity contribution is 5.95. The van der Waals surface area contributed by atoms with E-state index in [9.17, 15) is 27.9 Å². The van der Waals surface area contributed by atoms with Gasteiger partial charge in [-0.1, -0.05) is 12.1 Å². The number of carbonyl (C=O) groups is 2. The second-order valence-corrected chi connectivity index (χ2v) is 9.06. The van der Waals surface area contributed by atoms with E-state index in [0.717, 1.165) is 12.1 Å². The molecular formula is C25H26F4N2O6. The summed E-state index contributed by atoms with van der Waals surface area (Å²) in [7, 11) is 0. The van der Waals surface area contributed by atoms with Crippen molar-refractivity contribution in [2.24, 2.45) is 5.73 Å². The SMILES string of the molecule is NC(=O)c1ccc(O[C@H]2C[C@@H](O)C2)cc1O[C@@H]1CCN(C(=O)Cc2ccc(OC(F)(F)F)cc2)C[C@@H]1F. The first-order valence-electron chi connectivity index (χ1n) is 11.7. The Bertz CT molecular complexity index is 1120. The Hall–Kier alpha value is -3.54. The molecule has 2 fully saturated rings. The summed E-state index contributed by atoms with van der Waals surface area (Å²) in [5.41, 5.74) is 5.95. The van der Waals surface area contributed by atoms with Gasteiger partial charge in [-0.15, -0.1) is 13.2 Å². The number of ether oxygens (including phenoxy) is 3. The maximum absolute atomic E-state index is 15.0. The minimum atomic E-state index is -4.81. The maximum Gasteiger partial charge on any atom is 0.573 e. The third kappa shape index (κ3) is 7.03. The number of aliphatic hydroxyl groups is 1. The van der Waals surface area contributed by atoms with E-state index < -0.39 is 36.4 Å². The van der Waals surface area contributed by atoms with E-state index in [1.54, 1.807) is 6.07 Å². The van der Waals surface area contributed by atoms with Gasteiger partial charge in [-0.3, -0.25) is 9.59 Å². The summed E-state index contributed by atoms with van der Waals surface area (Å²) in [5, 5.41) is 9.43. The molecule has 2 aromatic rings. The lowest BCUT2D eigenvalue weighted by Crippen LogP contribution is -2.49. The van der Waals surface area contributed by atoms with Crippen LogP contribution in [0.3, 0.4) is 0 Å². The predicted octanol–water partition coefficient (Wildman–Crippen LogP) is 3.15. The number of piperidine rings is 1. The van der Waals surface area contributed by atoms with E-state index in [1.807, 2.05) is 0 Å². The van der Waals surface area contributed by atoms with Gasteiger partial charge in [0.2, 0.25) is 5.91 Å². The molecule has 8 nitrogen and oxygen atoms in total. The van der Waals surface area contributed by atoms with Crippen molar-refractivity contribution in [1.29, 1.82) is 0 Å². The number of aliphatic hydroxyl groups excluding tert-OH is 1. The van der Waals surface area contributed by atoms with Crippen molar-refractivity contribution in [3.63, 3.8) is 0 Å². The third-order valence-corrected chi connectivity index (χ3v) is 6.22. The smallest absolute Gasteiger partial charge is 0.490 e. The number of halogens is 4. The molecule has 1 saturated heterocycles. The van der Waals surface area contributed by atoms with Gasteiger partial charge in [0.25, 0.3) is 5.91 Å². The van der Waals surface area contributed by atoms with Gasteiger partial charge in [0.15, 0.2) is 6.17 Å². The summed E-state index contributed by atoms with van der Waals surface area (Å²) >= 11 is 0. The van der Waals surface area contributed by atoms with Gasteiger partial charge in [-0.25, -0.2) is 4.39 Å². The first kappa shape index (κ1) is 26.5. The summed E-state index contributed by atoms with van der Waals surface area (Å²) < 4.78 is 67.3. The van der Waals surface area contributed by atoms with Gasteiger partial charge >= 0.3 is 6.36 Å². The average molecular weight is 526 g/mol. The molecule has 1 saturated carbocycles. The topological polar surface area (TPSA) is 111 Å². The van der Waals surface area contributed by atoms with E-state index in [-0.39, 0.29) is 49.3 Å². The number of primary amides is 1. The molecule has 1 aliphatic carbocycles. The Morgan fingerprint density at radius 3 is 2.32 bits per heavy atom. The zero-order valence-electron chi connectivity index (χ0n) is 19.6. The molecule has 2 aliphatic rings. The van der Waals surface area contributed by atoms with Crippen molar-refractivity contribution in [2.75, 3.05) is 13.1 Å². The number of nitrogens with two attached hydrogens (primary N) is 1. The largest absolute Gasteiger partial charge is 0.573 e. The van der Waals surface area contributed by atoms with E-state index in [2.05, 4.69) is 4.74 Å². The molecule has 37 heavy (non-hydrogen) atoms. The second kappa shape index (κ2) is 10.8. The van der Waals surface area contributed by atoms with E-state index >= 15 is 4.39 Å². The minimum Gasteiger partial charge on any atom is -0.490 e. The highest BCUT2D eigenvalue weighted by atomic mass is 19.4. The summed E-state index contributed by atoms with van der Waals surface area (Å²) in [6, 6.07) is 9.33. The first-order valence-corrected chi connectivity index (χ1v) is 11.7. The van der Waals surface area contributed by atoms with Gasteiger partial charge in [-0.2, -0.15) is 0 Å². The molecule has 0 bridgehead atoms. The second-order valence-electron chi connectivity index (χ2n) is 9.06. The quantitative estimate of drug-likeness (QED) is 0.512. The van der Waals surface area contributed by atoms with Crippen LogP contribution in [0.5, 0.6) is 17.2 Å². The van der Waals surface area contributed by atoms with Crippen LogP contribution in [0.4, 0.5) is 17.6 Å². The Labute approximate surface area is 209 Å². The number of carbonyl (C=O) groups excluding carboxylic acids is 2. The van der Waals surface area contributed by atoms with Crippen LogP contribution >= 0.6 is 0 Å². The number of hydrogen-bond donors (Lipinski definition) is 2. The number of benzene rings is 2. The molecule has 0 aromatic heterocycles. The monoisotopic (exact) mass is 526 g/mol. The summed E-state index contributed by atoms with van der Waals surface area (Å²) in [6.07, 6.45) is -6.90. The normalized spacial score (nSPS) is 23.6.